The zero-order chi connectivity index (χ0) is 14.8. The third kappa shape index (κ3) is 5.00. The van der Waals surface area contributed by atoms with Gasteiger partial charge in [-0.2, -0.15) is 5.10 Å². The fourth-order valence-corrected chi connectivity index (χ4v) is 2.74. The van der Waals surface area contributed by atoms with Gasteiger partial charge >= 0.3 is 0 Å². The highest BCUT2D eigenvalue weighted by atomic mass is 35.5. The van der Waals surface area contributed by atoms with E-state index in [-0.39, 0.29) is 23.7 Å². The molecule has 1 amide bonds. The SMILES string of the molecule is CC(C)(C)Cc1cc(NC(=O)C2(N)CCCCC2)n[nH]1.Cl. The number of carbonyl (C=O) groups is 1. The van der Waals surface area contributed by atoms with Crippen LogP contribution in [0.1, 0.15) is 58.6 Å². The highest BCUT2D eigenvalue weighted by Gasteiger charge is 2.35. The van der Waals surface area contributed by atoms with Crippen molar-refractivity contribution in [1.82, 2.24) is 10.2 Å². The summed E-state index contributed by atoms with van der Waals surface area (Å²) in [6.45, 7) is 6.51. The Kier molecular flexibility index (Phi) is 5.82. The third-order valence-corrected chi connectivity index (χ3v) is 3.79. The van der Waals surface area contributed by atoms with E-state index in [4.69, 9.17) is 5.73 Å². The number of carbonyl (C=O) groups excluding carboxylic acids is 1. The molecule has 0 bridgehead atoms. The van der Waals surface area contributed by atoms with Gasteiger partial charge in [0.25, 0.3) is 0 Å². The van der Waals surface area contributed by atoms with Crippen LogP contribution in [0.3, 0.4) is 0 Å². The summed E-state index contributed by atoms with van der Waals surface area (Å²) in [6, 6.07) is 1.90. The van der Waals surface area contributed by atoms with Gasteiger partial charge < -0.3 is 11.1 Å². The van der Waals surface area contributed by atoms with Crippen molar-refractivity contribution in [1.29, 1.82) is 0 Å². The molecule has 1 aliphatic carbocycles. The number of halogens is 1. The summed E-state index contributed by atoms with van der Waals surface area (Å²) in [5.74, 6) is 0.468. The van der Waals surface area contributed by atoms with E-state index in [1.807, 2.05) is 6.07 Å². The van der Waals surface area contributed by atoms with Crippen LogP contribution in [0.25, 0.3) is 0 Å². The minimum Gasteiger partial charge on any atom is -0.317 e. The van der Waals surface area contributed by atoms with Gasteiger partial charge in [-0.15, -0.1) is 12.4 Å². The van der Waals surface area contributed by atoms with Crippen LogP contribution < -0.4 is 11.1 Å². The Bertz CT molecular complexity index is 472. The van der Waals surface area contributed by atoms with Crippen molar-refractivity contribution in [3.63, 3.8) is 0 Å². The smallest absolute Gasteiger partial charge is 0.245 e. The van der Waals surface area contributed by atoms with Gasteiger partial charge in [0, 0.05) is 11.8 Å². The van der Waals surface area contributed by atoms with Crippen molar-refractivity contribution in [3.8, 4) is 0 Å². The first-order valence-electron chi connectivity index (χ1n) is 7.43. The van der Waals surface area contributed by atoms with E-state index >= 15 is 0 Å². The molecule has 1 aliphatic rings. The second-order valence-corrected chi connectivity index (χ2v) is 7.19. The number of aromatic amines is 1. The summed E-state index contributed by atoms with van der Waals surface area (Å²) in [7, 11) is 0. The Labute approximate surface area is 132 Å². The Morgan fingerprint density at radius 2 is 2.00 bits per heavy atom. The molecule has 0 aliphatic heterocycles. The highest BCUT2D eigenvalue weighted by Crippen LogP contribution is 2.27. The second kappa shape index (κ2) is 6.79. The van der Waals surface area contributed by atoms with Gasteiger partial charge in [-0.3, -0.25) is 9.89 Å². The maximum atomic E-state index is 12.3. The quantitative estimate of drug-likeness (QED) is 0.801. The lowest BCUT2D eigenvalue weighted by Gasteiger charge is -2.31. The van der Waals surface area contributed by atoms with E-state index < -0.39 is 5.54 Å². The molecule has 0 saturated heterocycles. The normalized spacial score (nSPS) is 17.9. The lowest BCUT2D eigenvalue weighted by molar-refractivity contribution is -0.122. The fraction of sp³-hybridized carbons (Fsp3) is 0.733. The largest absolute Gasteiger partial charge is 0.317 e. The van der Waals surface area contributed by atoms with E-state index in [1.165, 1.54) is 6.42 Å². The standard InChI is InChI=1S/C15H26N4O.ClH/c1-14(2,3)10-11-9-12(19-18-11)17-13(20)15(16)7-5-4-6-8-15;/h9H,4-8,10,16H2,1-3H3,(H2,17,18,19,20);1H. The number of rotatable bonds is 3. The maximum absolute atomic E-state index is 12.3. The molecule has 0 radical (unpaired) electrons. The molecular weight excluding hydrogens is 288 g/mol. The zero-order valence-electron chi connectivity index (χ0n) is 13.2. The summed E-state index contributed by atoms with van der Waals surface area (Å²) < 4.78 is 0. The zero-order valence-corrected chi connectivity index (χ0v) is 14.0. The number of anilines is 1. The predicted octanol–water partition coefficient (Wildman–Crippen LogP) is 3.02. The molecule has 1 heterocycles. The molecule has 2 rings (SSSR count). The van der Waals surface area contributed by atoms with Gasteiger partial charge in [0.05, 0.1) is 5.54 Å². The van der Waals surface area contributed by atoms with Crippen LogP contribution in [-0.4, -0.2) is 21.6 Å². The Balaban J connectivity index is 0.00000220. The van der Waals surface area contributed by atoms with Crippen molar-refractivity contribution in [2.24, 2.45) is 11.1 Å². The molecule has 0 spiro atoms. The van der Waals surface area contributed by atoms with Crippen molar-refractivity contribution in [3.05, 3.63) is 11.8 Å². The molecule has 5 nitrogen and oxygen atoms in total. The first-order valence-corrected chi connectivity index (χ1v) is 7.43. The van der Waals surface area contributed by atoms with Crippen molar-refractivity contribution >= 4 is 24.1 Å². The number of hydrogen-bond acceptors (Lipinski definition) is 3. The molecule has 0 aromatic carbocycles. The van der Waals surface area contributed by atoms with Crippen LogP contribution in [0.5, 0.6) is 0 Å². The van der Waals surface area contributed by atoms with Crippen LogP contribution in [0.15, 0.2) is 6.07 Å². The Morgan fingerprint density at radius 1 is 1.38 bits per heavy atom. The van der Waals surface area contributed by atoms with Crippen LogP contribution in [0.2, 0.25) is 0 Å². The van der Waals surface area contributed by atoms with E-state index in [1.54, 1.807) is 0 Å². The third-order valence-electron chi connectivity index (χ3n) is 3.79. The molecule has 0 atom stereocenters. The van der Waals surface area contributed by atoms with E-state index in [9.17, 15) is 4.79 Å². The van der Waals surface area contributed by atoms with Crippen molar-refractivity contribution < 1.29 is 4.79 Å². The summed E-state index contributed by atoms with van der Waals surface area (Å²) in [5.41, 5.74) is 6.71. The van der Waals surface area contributed by atoms with Crippen LogP contribution >= 0.6 is 12.4 Å². The average molecular weight is 315 g/mol. The number of nitrogens with two attached hydrogens (primary N) is 1. The fourth-order valence-electron chi connectivity index (χ4n) is 2.74. The van der Waals surface area contributed by atoms with Crippen LogP contribution in [0, 0.1) is 5.41 Å². The predicted molar refractivity (Wildman–Crippen MR) is 87.6 cm³/mol. The Hall–Kier alpha value is -1.07. The van der Waals surface area contributed by atoms with Crippen LogP contribution in [-0.2, 0) is 11.2 Å². The van der Waals surface area contributed by atoms with Crippen molar-refractivity contribution in [2.45, 2.75) is 64.8 Å². The lowest BCUT2D eigenvalue weighted by atomic mass is 9.82. The summed E-state index contributed by atoms with van der Waals surface area (Å²) >= 11 is 0. The number of nitrogens with one attached hydrogen (secondary N) is 2. The molecule has 120 valence electrons. The van der Waals surface area contributed by atoms with E-state index in [2.05, 4.69) is 36.3 Å². The minimum absolute atomic E-state index is 0. The first kappa shape index (κ1) is 18.0. The highest BCUT2D eigenvalue weighted by molar-refractivity contribution is 5.97. The summed E-state index contributed by atoms with van der Waals surface area (Å²) in [4.78, 5) is 12.3. The average Bonchev–Trinajstić information content (AvgIpc) is 2.75. The van der Waals surface area contributed by atoms with Crippen molar-refractivity contribution in [2.75, 3.05) is 5.32 Å². The van der Waals surface area contributed by atoms with Gasteiger partial charge in [0.2, 0.25) is 5.91 Å². The number of nitrogens with zero attached hydrogens (tertiary/aromatic N) is 1. The molecule has 6 heteroatoms. The monoisotopic (exact) mass is 314 g/mol. The molecule has 1 aromatic rings. The number of hydrogen-bond donors (Lipinski definition) is 3. The van der Waals surface area contributed by atoms with Crippen LogP contribution in [0.4, 0.5) is 5.82 Å². The van der Waals surface area contributed by atoms with Gasteiger partial charge in [-0.1, -0.05) is 40.0 Å². The first-order chi connectivity index (χ1) is 9.28. The second-order valence-electron chi connectivity index (χ2n) is 7.19. The van der Waals surface area contributed by atoms with Gasteiger partial charge in [-0.05, 0) is 24.7 Å². The molecule has 0 unspecified atom stereocenters. The maximum Gasteiger partial charge on any atom is 0.245 e. The van der Waals surface area contributed by atoms with Gasteiger partial charge in [0.1, 0.15) is 0 Å². The Morgan fingerprint density at radius 3 is 2.57 bits per heavy atom. The number of aromatic nitrogens is 2. The summed E-state index contributed by atoms with van der Waals surface area (Å²) in [6.07, 6.45) is 5.64. The minimum atomic E-state index is -0.721. The number of H-pyrrole nitrogens is 1. The molecule has 4 N–H and O–H groups in total. The summed E-state index contributed by atoms with van der Waals surface area (Å²) in [5, 5.41) is 9.98. The molecule has 1 aromatic heterocycles. The topological polar surface area (TPSA) is 83.8 Å². The van der Waals surface area contributed by atoms with Gasteiger partial charge in [0.15, 0.2) is 5.82 Å². The molecule has 1 fully saturated rings. The van der Waals surface area contributed by atoms with E-state index in [0.717, 1.165) is 37.8 Å². The molecule has 21 heavy (non-hydrogen) atoms. The lowest BCUT2D eigenvalue weighted by Crippen LogP contribution is -2.52. The van der Waals surface area contributed by atoms with Gasteiger partial charge in [-0.25, -0.2) is 0 Å². The molecular formula is C15H27ClN4O. The number of amides is 1. The van der Waals surface area contributed by atoms with E-state index in [0.29, 0.717) is 5.82 Å². The molecule has 1 saturated carbocycles.